The van der Waals surface area contributed by atoms with Crippen LogP contribution in [0.2, 0.25) is 0 Å². The average Bonchev–Trinajstić information content (AvgIpc) is 3.05. The molecule has 1 saturated carbocycles. The van der Waals surface area contributed by atoms with Crippen LogP contribution in [0.1, 0.15) is 25.3 Å². The smallest absolute Gasteiger partial charge is 0.243 e. The van der Waals surface area contributed by atoms with E-state index < -0.39 is 10.0 Å². The van der Waals surface area contributed by atoms with Crippen LogP contribution in [0.25, 0.3) is 0 Å². The molecular formula is C22H24N2O5S. The second-order valence-electron chi connectivity index (χ2n) is 8.26. The molecule has 1 amide bonds. The predicted octanol–water partition coefficient (Wildman–Crippen LogP) is 3.02. The van der Waals surface area contributed by atoms with Crippen molar-refractivity contribution in [2.24, 2.45) is 11.3 Å². The Bertz CT molecular complexity index is 1100. The van der Waals surface area contributed by atoms with Crippen LogP contribution in [0.5, 0.6) is 11.5 Å². The summed E-state index contributed by atoms with van der Waals surface area (Å²) in [5.41, 5.74) is 1.51. The number of nitrogens with one attached hydrogen (secondary N) is 1. The third kappa shape index (κ3) is 3.24. The lowest BCUT2D eigenvalue weighted by Gasteiger charge is -2.17. The maximum absolute atomic E-state index is 13.0. The fourth-order valence-corrected chi connectivity index (χ4v) is 6.02. The Balaban J connectivity index is 1.25. The summed E-state index contributed by atoms with van der Waals surface area (Å²) in [6, 6.07) is 12.4. The third-order valence-corrected chi connectivity index (χ3v) is 8.33. The second kappa shape index (κ2) is 6.99. The zero-order valence-electron chi connectivity index (χ0n) is 16.8. The molecule has 1 aliphatic carbocycles. The Morgan fingerprint density at radius 2 is 1.93 bits per heavy atom. The highest BCUT2D eigenvalue weighted by molar-refractivity contribution is 7.89. The fourth-order valence-electron chi connectivity index (χ4n) is 4.48. The van der Waals surface area contributed by atoms with Gasteiger partial charge in [0.25, 0.3) is 0 Å². The first kappa shape index (κ1) is 19.4. The molecule has 30 heavy (non-hydrogen) atoms. The highest BCUT2D eigenvalue weighted by atomic mass is 32.2. The van der Waals surface area contributed by atoms with Gasteiger partial charge in [-0.3, -0.25) is 4.79 Å². The molecule has 5 rings (SSSR count). The largest absolute Gasteiger partial charge is 0.454 e. The van der Waals surface area contributed by atoms with Crippen LogP contribution in [0.3, 0.4) is 0 Å². The number of fused-ring (bicyclic) bond motifs is 1. The van der Waals surface area contributed by atoms with Gasteiger partial charge >= 0.3 is 0 Å². The molecule has 1 N–H and O–H groups in total. The summed E-state index contributed by atoms with van der Waals surface area (Å²) in [6.07, 6.45) is 2.29. The van der Waals surface area contributed by atoms with Crippen molar-refractivity contribution in [3.8, 4) is 11.5 Å². The quantitative estimate of drug-likeness (QED) is 0.791. The summed E-state index contributed by atoms with van der Waals surface area (Å²) in [5, 5.41) is 2.94. The van der Waals surface area contributed by atoms with Crippen molar-refractivity contribution in [3.63, 3.8) is 0 Å². The number of carbonyl (C=O) groups excluding carboxylic acids is 1. The molecule has 158 valence electrons. The number of rotatable bonds is 5. The van der Waals surface area contributed by atoms with Gasteiger partial charge in [0.2, 0.25) is 22.7 Å². The minimum absolute atomic E-state index is 0.0691. The minimum Gasteiger partial charge on any atom is -0.454 e. The van der Waals surface area contributed by atoms with Gasteiger partial charge in [-0.15, -0.1) is 0 Å². The molecular weight excluding hydrogens is 404 g/mol. The normalized spacial score (nSPS) is 24.9. The monoisotopic (exact) mass is 428 g/mol. The van der Waals surface area contributed by atoms with Crippen LogP contribution in [0, 0.1) is 11.3 Å². The zero-order valence-corrected chi connectivity index (χ0v) is 17.6. The average molecular weight is 429 g/mol. The summed E-state index contributed by atoms with van der Waals surface area (Å²) < 4.78 is 38.2. The van der Waals surface area contributed by atoms with Crippen molar-refractivity contribution in [2.75, 3.05) is 25.2 Å². The molecule has 0 unspecified atom stereocenters. The van der Waals surface area contributed by atoms with Gasteiger partial charge in [0, 0.05) is 30.8 Å². The molecule has 2 heterocycles. The zero-order chi connectivity index (χ0) is 20.9. The first-order chi connectivity index (χ1) is 14.4. The Morgan fingerprint density at radius 1 is 1.17 bits per heavy atom. The summed E-state index contributed by atoms with van der Waals surface area (Å²) in [6.45, 7) is 3.06. The van der Waals surface area contributed by atoms with E-state index in [2.05, 4.69) is 5.32 Å². The van der Waals surface area contributed by atoms with Gasteiger partial charge in [-0.2, -0.15) is 4.31 Å². The maximum Gasteiger partial charge on any atom is 0.243 e. The van der Waals surface area contributed by atoms with Gasteiger partial charge in [-0.25, -0.2) is 8.42 Å². The van der Waals surface area contributed by atoms with E-state index in [0.717, 1.165) is 12.0 Å². The van der Waals surface area contributed by atoms with E-state index in [0.29, 0.717) is 48.0 Å². The summed E-state index contributed by atoms with van der Waals surface area (Å²) in [5.74, 6) is 1.04. The third-order valence-electron chi connectivity index (χ3n) is 6.47. The lowest BCUT2D eigenvalue weighted by molar-refractivity contribution is -0.118. The van der Waals surface area contributed by atoms with E-state index in [-0.39, 0.29) is 24.0 Å². The number of benzene rings is 2. The van der Waals surface area contributed by atoms with Gasteiger partial charge in [-0.1, -0.05) is 19.1 Å². The lowest BCUT2D eigenvalue weighted by atomic mass is 10.0. The van der Waals surface area contributed by atoms with Crippen LogP contribution in [0.15, 0.2) is 47.4 Å². The number of amides is 1. The number of hydrogen-bond donors (Lipinski definition) is 1. The first-order valence-electron chi connectivity index (χ1n) is 10.2. The van der Waals surface area contributed by atoms with Crippen molar-refractivity contribution < 1.29 is 22.7 Å². The van der Waals surface area contributed by atoms with Gasteiger partial charge in [0.05, 0.1) is 4.90 Å². The first-order valence-corrected chi connectivity index (χ1v) is 11.6. The van der Waals surface area contributed by atoms with Gasteiger partial charge in [0.1, 0.15) is 0 Å². The van der Waals surface area contributed by atoms with E-state index in [1.807, 2.05) is 19.1 Å². The number of hydrogen-bond acceptors (Lipinski definition) is 5. The molecule has 3 aliphatic rings. The molecule has 0 radical (unpaired) electrons. The summed E-state index contributed by atoms with van der Waals surface area (Å²) in [4.78, 5) is 13.1. The van der Waals surface area contributed by atoms with Gasteiger partial charge in [-0.05, 0) is 54.5 Å². The molecule has 2 fully saturated rings. The highest BCUT2D eigenvalue weighted by Gasteiger charge is 2.62. The maximum atomic E-state index is 13.0. The second-order valence-corrected chi connectivity index (χ2v) is 10.2. The van der Waals surface area contributed by atoms with E-state index in [9.17, 15) is 13.2 Å². The SMILES string of the molecule is CCc1ccc(S(=O)(=O)N2CC[C@]3(C[C@@H]3C(=O)Nc3ccc4c(c3)OCO4)C2)cc1. The molecule has 0 bridgehead atoms. The number of ether oxygens (including phenoxy) is 2. The van der Waals surface area contributed by atoms with Crippen LogP contribution < -0.4 is 14.8 Å². The fraction of sp³-hybridized carbons (Fsp3) is 0.409. The number of aryl methyl sites for hydroxylation is 1. The number of carbonyl (C=O) groups is 1. The molecule has 8 heteroatoms. The van der Waals surface area contributed by atoms with Crippen molar-refractivity contribution in [2.45, 2.75) is 31.1 Å². The summed E-state index contributed by atoms with van der Waals surface area (Å²) >= 11 is 0. The molecule has 0 aromatic heterocycles. The van der Waals surface area contributed by atoms with Crippen LogP contribution in [-0.4, -0.2) is 38.5 Å². The number of sulfonamides is 1. The Kier molecular flexibility index (Phi) is 4.52. The van der Waals surface area contributed by atoms with Gasteiger partial charge < -0.3 is 14.8 Å². The lowest BCUT2D eigenvalue weighted by Crippen LogP contribution is -2.30. The van der Waals surface area contributed by atoms with Crippen LogP contribution >= 0.6 is 0 Å². The van der Waals surface area contributed by atoms with Crippen LogP contribution in [-0.2, 0) is 21.2 Å². The topological polar surface area (TPSA) is 84.9 Å². The van der Waals surface area contributed by atoms with E-state index in [1.165, 1.54) is 4.31 Å². The van der Waals surface area contributed by atoms with Crippen molar-refractivity contribution in [1.29, 1.82) is 0 Å². The number of nitrogens with zero attached hydrogens (tertiary/aromatic N) is 1. The Hall–Kier alpha value is -2.58. The molecule has 2 atom stereocenters. The molecule has 2 aromatic rings. The van der Waals surface area contributed by atoms with E-state index in [4.69, 9.17) is 9.47 Å². The Morgan fingerprint density at radius 3 is 2.70 bits per heavy atom. The van der Waals surface area contributed by atoms with Crippen LogP contribution in [0.4, 0.5) is 5.69 Å². The standard InChI is InChI=1S/C22H24N2O5S/c1-2-15-3-6-17(7-4-15)30(26,27)24-10-9-22(13-24)12-18(22)21(25)23-16-5-8-19-20(11-16)29-14-28-19/h3-8,11,18H,2,9-10,12-14H2,1H3,(H,23,25)/t18-,22+/m1/s1. The minimum atomic E-state index is -3.54. The van der Waals surface area contributed by atoms with Crippen molar-refractivity contribution in [3.05, 3.63) is 48.0 Å². The highest BCUT2D eigenvalue weighted by Crippen LogP contribution is 2.59. The number of anilines is 1. The molecule has 7 nitrogen and oxygen atoms in total. The van der Waals surface area contributed by atoms with Crippen molar-refractivity contribution in [1.82, 2.24) is 4.31 Å². The molecule has 2 aromatic carbocycles. The van der Waals surface area contributed by atoms with E-state index >= 15 is 0 Å². The predicted molar refractivity (Wildman–Crippen MR) is 111 cm³/mol. The van der Waals surface area contributed by atoms with Crippen molar-refractivity contribution >= 4 is 21.6 Å². The van der Waals surface area contributed by atoms with E-state index in [1.54, 1.807) is 30.3 Å². The molecule has 1 saturated heterocycles. The molecule has 1 spiro atoms. The Labute approximate surface area is 176 Å². The molecule has 2 aliphatic heterocycles. The summed E-state index contributed by atoms with van der Waals surface area (Å²) in [7, 11) is -3.54. The van der Waals surface area contributed by atoms with Gasteiger partial charge in [0.15, 0.2) is 11.5 Å².